The minimum absolute atomic E-state index is 0.126. The monoisotopic (exact) mass is 210 g/mol. The Morgan fingerprint density at radius 3 is 2.10 bits per heavy atom. The van der Waals surface area contributed by atoms with Crippen molar-refractivity contribution in [2.24, 2.45) is 0 Å². The number of rotatable bonds is 2. The molecule has 0 aromatic carbocycles. The van der Waals surface area contributed by atoms with Gasteiger partial charge in [-0.1, -0.05) is 0 Å². The molecule has 10 heavy (non-hydrogen) atoms. The average Bonchev–Trinajstić information content (AvgIpc) is 1.58. The lowest BCUT2D eigenvalue weighted by Gasteiger charge is -2.09. The molecule has 0 spiro atoms. The van der Waals surface area contributed by atoms with E-state index < -0.39 is 6.16 Å². The quantitative estimate of drug-likeness (QED) is 0.519. The standard InChI is InChI=1S/C6H11BrO3/c1-4(2)9-6(8)10-5(3)7/h4-5H,1-3H3. The summed E-state index contributed by atoms with van der Waals surface area (Å²) in [6, 6.07) is 0. The molecule has 0 radical (unpaired) electrons. The lowest BCUT2D eigenvalue weighted by molar-refractivity contribution is 0.0325. The Kier molecular flexibility index (Phi) is 4.43. The van der Waals surface area contributed by atoms with Crippen LogP contribution in [0, 0.1) is 0 Å². The fourth-order valence-corrected chi connectivity index (χ4v) is 0.505. The molecule has 0 saturated heterocycles. The van der Waals surface area contributed by atoms with Gasteiger partial charge in [0.05, 0.1) is 6.10 Å². The van der Waals surface area contributed by atoms with Crippen LogP contribution in [-0.2, 0) is 9.47 Å². The molecule has 0 heterocycles. The topological polar surface area (TPSA) is 35.5 Å². The van der Waals surface area contributed by atoms with Crippen molar-refractivity contribution in [2.75, 3.05) is 0 Å². The van der Waals surface area contributed by atoms with Crippen molar-refractivity contribution in [3.05, 3.63) is 0 Å². The smallest absolute Gasteiger partial charge is 0.432 e. The van der Waals surface area contributed by atoms with Crippen molar-refractivity contribution in [2.45, 2.75) is 31.9 Å². The van der Waals surface area contributed by atoms with E-state index in [9.17, 15) is 4.79 Å². The molecule has 1 unspecified atom stereocenters. The summed E-state index contributed by atoms with van der Waals surface area (Å²) in [6.45, 7) is 5.22. The average molecular weight is 211 g/mol. The summed E-state index contributed by atoms with van der Waals surface area (Å²) in [5.41, 5.74) is 0. The molecule has 0 aromatic rings. The molecule has 0 fully saturated rings. The highest BCUT2D eigenvalue weighted by Crippen LogP contribution is 2.02. The van der Waals surface area contributed by atoms with E-state index in [1.165, 1.54) is 0 Å². The van der Waals surface area contributed by atoms with E-state index in [0.29, 0.717) is 0 Å². The minimum atomic E-state index is -0.639. The number of hydrogen-bond acceptors (Lipinski definition) is 3. The zero-order valence-corrected chi connectivity index (χ0v) is 7.84. The first-order valence-electron chi connectivity index (χ1n) is 3.03. The zero-order valence-electron chi connectivity index (χ0n) is 6.26. The van der Waals surface area contributed by atoms with Gasteiger partial charge in [-0.05, 0) is 36.7 Å². The molecule has 0 aliphatic carbocycles. The van der Waals surface area contributed by atoms with Gasteiger partial charge in [0.25, 0.3) is 0 Å². The fraction of sp³-hybridized carbons (Fsp3) is 0.833. The molecule has 4 heteroatoms. The first-order valence-corrected chi connectivity index (χ1v) is 3.95. The molecule has 0 N–H and O–H groups in total. The number of ether oxygens (including phenoxy) is 2. The summed E-state index contributed by atoms with van der Waals surface area (Å²) in [4.78, 5) is 10.6. The molecule has 0 aliphatic heterocycles. The molecule has 0 saturated carbocycles. The summed E-state index contributed by atoms with van der Waals surface area (Å²) >= 11 is 3.04. The van der Waals surface area contributed by atoms with Crippen molar-refractivity contribution in [3.63, 3.8) is 0 Å². The van der Waals surface area contributed by atoms with Gasteiger partial charge >= 0.3 is 6.16 Å². The molecule has 1 atom stereocenters. The van der Waals surface area contributed by atoms with Gasteiger partial charge in [-0.2, -0.15) is 0 Å². The Hall–Kier alpha value is -0.250. The van der Waals surface area contributed by atoms with Crippen LogP contribution in [-0.4, -0.2) is 17.3 Å². The van der Waals surface area contributed by atoms with Gasteiger partial charge in [0.15, 0.2) is 5.01 Å². The van der Waals surface area contributed by atoms with Crippen LogP contribution in [0.1, 0.15) is 20.8 Å². The van der Waals surface area contributed by atoms with Crippen molar-refractivity contribution in [1.29, 1.82) is 0 Å². The van der Waals surface area contributed by atoms with E-state index in [-0.39, 0.29) is 11.1 Å². The summed E-state index contributed by atoms with van der Waals surface area (Å²) < 4.78 is 9.29. The van der Waals surface area contributed by atoms with Crippen LogP contribution in [0.25, 0.3) is 0 Å². The summed E-state index contributed by atoms with van der Waals surface area (Å²) in [7, 11) is 0. The van der Waals surface area contributed by atoms with Crippen LogP contribution in [0.5, 0.6) is 0 Å². The Labute approximate surface area is 68.8 Å². The van der Waals surface area contributed by atoms with Crippen molar-refractivity contribution in [1.82, 2.24) is 0 Å². The SMILES string of the molecule is CC(C)OC(=O)OC(C)Br. The lowest BCUT2D eigenvalue weighted by atomic mass is 10.5. The largest absolute Gasteiger partial charge is 0.509 e. The highest BCUT2D eigenvalue weighted by molar-refractivity contribution is 9.09. The maximum atomic E-state index is 10.6. The van der Waals surface area contributed by atoms with Gasteiger partial charge in [-0.3, -0.25) is 0 Å². The van der Waals surface area contributed by atoms with E-state index in [4.69, 9.17) is 0 Å². The van der Waals surface area contributed by atoms with Gasteiger partial charge in [0, 0.05) is 0 Å². The van der Waals surface area contributed by atoms with Crippen molar-refractivity contribution >= 4 is 22.1 Å². The molecule has 0 aliphatic rings. The molecule has 60 valence electrons. The van der Waals surface area contributed by atoms with Crippen LogP contribution >= 0.6 is 15.9 Å². The molecule has 0 bridgehead atoms. The normalized spacial score (nSPS) is 12.9. The third-order valence-corrected chi connectivity index (χ3v) is 0.777. The predicted octanol–water partition coefficient (Wildman–Crippen LogP) is 2.29. The van der Waals surface area contributed by atoms with E-state index in [1.807, 2.05) is 0 Å². The maximum Gasteiger partial charge on any atom is 0.509 e. The second-order valence-corrected chi connectivity index (χ2v) is 3.37. The lowest BCUT2D eigenvalue weighted by Crippen LogP contribution is -2.15. The van der Waals surface area contributed by atoms with Gasteiger partial charge < -0.3 is 9.47 Å². The van der Waals surface area contributed by atoms with Crippen LogP contribution in [0.15, 0.2) is 0 Å². The van der Waals surface area contributed by atoms with Gasteiger partial charge in [-0.25, -0.2) is 4.79 Å². The van der Waals surface area contributed by atoms with Gasteiger partial charge in [0.1, 0.15) is 0 Å². The molecular formula is C6H11BrO3. The zero-order chi connectivity index (χ0) is 8.15. The van der Waals surface area contributed by atoms with Crippen molar-refractivity contribution < 1.29 is 14.3 Å². The maximum absolute atomic E-state index is 10.6. The molecule has 0 rings (SSSR count). The number of alkyl halides is 1. The summed E-state index contributed by atoms with van der Waals surface area (Å²) in [5, 5.41) is -0.293. The van der Waals surface area contributed by atoms with Crippen LogP contribution < -0.4 is 0 Å². The Balaban J connectivity index is 3.44. The number of carbonyl (C=O) groups is 1. The van der Waals surface area contributed by atoms with E-state index in [2.05, 4.69) is 25.4 Å². The van der Waals surface area contributed by atoms with E-state index in [1.54, 1.807) is 20.8 Å². The van der Waals surface area contributed by atoms with E-state index in [0.717, 1.165) is 0 Å². The van der Waals surface area contributed by atoms with Gasteiger partial charge in [-0.15, -0.1) is 0 Å². The minimum Gasteiger partial charge on any atom is -0.432 e. The fourth-order valence-electron chi connectivity index (χ4n) is 0.353. The summed E-state index contributed by atoms with van der Waals surface area (Å²) in [6.07, 6.45) is -0.766. The first kappa shape index (κ1) is 9.75. The first-order chi connectivity index (χ1) is 4.52. The highest BCUT2D eigenvalue weighted by atomic mass is 79.9. The Morgan fingerprint density at radius 1 is 1.30 bits per heavy atom. The Morgan fingerprint density at radius 2 is 1.80 bits per heavy atom. The van der Waals surface area contributed by atoms with Crippen LogP contribution in [0.3, 0.4) is 0 Å². The molecule has 0 amide bonds. The third-order valence-electron chi connectivity index (χ3n) is 0.591. The second kappa shape index (κ2) is 4.55. The van der Waals surface area contributed by atoms with Crippen LogP contribution in [0.2, 0.25) is 0 Å². The summed E-state index contributed by atoms with van der Waals surface area (Å²) in [5.74, 6) is 0. The number of halogens is 1. The van der Waals surface area contributed by atoms with Crippen LogP contribution in [0.4, 0.5) is 4.79 Å². The number of hydrogen-bond donors (Lipinski definition) is 0. The Bertz CT molecular complexity index is 99.6. The molecule has 0 aromatic heterocycles. The molecule has 3 nitrogen and oxygen atoms in total. The predicted molar refractivity (Wildman–Crippen MR) is 41.1 cm³/mol. The second-order valence-electron chi connectivity index (χ2n) is 2.08. The number of carbonyl (C=O) groups excluding carboxylic acids is 1. The van der Waals surface area contributed by atoms with Gasteiger partial charge in [0.2, 0.25) is 0 Å². The van der Waals surface area contributed by atoms with E-state index >= 15 is 0 Å². The third kappa shape index (κ3) is 5.88. The van der Waals surface area contributed by atoms with Crippen molar-refractivity contribution in [3.8, 4) is 0 Å². The highest BCUT2D eigenvalue weighted by Gasteiger charge is 2.08. The molecular weight excluding hydrogens is 200 g/mol.